The van der Waals surface area contributed by atoms with Crippen LogP contribution in [0, 0.1) is 0 Å². The molecule has 0 aromatic carbocycles. The fraction of sp³-hybridized carbons (Fsp3) is 0.753. The summed E-state index contributed by atoms with van der Waals surface area (Å²) in [6.45, 7) is 4.67. The van der Waals surface area contributed by atoms with Crippen LogP contribution in [0.2, 0.25) is 0 Å². The topological polar surface area (TPSA) is 111 Å². The molecule has 0 fully saturated rings. The number of carboxylic acids is 1. The molecule has 0 radical (unpaired) electrons. The summed E-state index contributed by atoms with van der Waals surface area (Å²) < 4.78 is 22.8. The van der Waals surface area contributed by atoms with E-state index in [4.69, 9.17) is 18.9 Å². The Kier molecular flexibility index (Phi) is 64.2. The van der Waals surface area contributed by atoms with E-state index in [0.29, 0.717) is 23.9 Å². The van der Waals surface area contributed by atoms with Gasteiger partial charge in [0.1, 0.15) is 13.2 Å². The minimum Gasteiger partial charge on any atom is -0.545 e. The third-order valence-electron chi connectivity index (χ3n) is 15.6. The van der Waals surface area contributed by atoms with Crippen LogP contribution in [0.4, 0.5) is 0 Å². The van der Waals surface area contributed by atoms with Crippen molar-refractivity contribution in [3.05, 3.63) is 97.2 Å². The number of esters is 2. The first-order chi connectivity index (χ1) is 42.1. The number of carbonyl (C=O) groups excluding carboxylic acids is 3. The van der Waals surface area contributed by atoms with Crippen molar-refractivity contribution in [1.29, 1.82) is 0 Å². The number of carbonyl (C=O) groups is 3. The highest BCUT2D eigenvalue weighted by Crippen LogP contribution is 2.18. The normalized spacial score (nSPS) is 13.3. The van der Waals surface area contributed by atoms with Crippen LogP contribution in [0.15, 0.2) is 97.2 Å². The lowest BCUT2D eigenvalue weighted by Crippen LogP contribution is -2.44. The van der Waals surface area contributed by atoms with E-state index in [1.165, 1.54) is 193 Å². The van der Waals surface area contributed by atoms with E-state index in [-0.39, 0.29) is 32.2 Å². The second kappa shape index (κ2) is 67.1. The Morgan fingerprint density at radius 3 is 0.988 bits per heavy atom. The van der Waals surface area contributed by atoms with Gasteiger partial charge in [-0.3, -0.25) is 9.59 Å². The van der Waals surface area contributed by atoms with Gasteiger partial charge in [0.05, 0.1) is 40.3 Å². The lowest BCUT2D eigenvalue weighted by Gasteiger charge is -2.26. The van der Waals surface area contributed by atoms with Gasteiger partial charge in [-0.1, -0.05) is 323 Å². The molecular weight excluding hydrogens is 1070 g/mol. The fourth-order valence-electron chi connectivity index (χ4n) is 10.1. The van der Waals surface area contributed by atoms with Crippen LogP contribution in [0.3, 0.4) is 0 Å². The Bertz CT molecular complexity index is 1730. The molecule has 0 saturated carbocycles. The molecule has 0 rings (SSSR count). The highest BCUT2D eigenvalue weighted by atomic mass is 16.7. The first kappa shape index (κ1) is 82.2. The number of hydrogen-bond donors (Lipinski definition) is 0. The lowest BCUT2D eigenvalue weighted by molar-refractivity contribution is -0.870. The van der Waals surface area contributed by atoms with E-state index in [1.807, 2.05) is 21.1 Å². The lowest BCUT2D eigenvalue weighted by atomic mass is 10.0. The van der Waals surface area contributed by atoms with Gasteiger partial charge in [0.2, 0.25) is 0 Å². The van der Waals surface area contributed by atoms with Gasteiger partial charge in [-0.15, -0.1) is 0 Å². The van der Waals surface area contributed by atoms with Crippen molar-refractivity contribution in [3.8, 4) is 0 Å². The van der Waals surface area contributed by atoms with E-state index in [9.17, 15) is 19.5 Å². The van der Waals surface area contributed by atoms with Crippen LogP contribution < -0.4 is 5.11 Å². The molecule has 0 saturated heterocycles. The van der Waals surface area contributed by atoms with Gasteiger partial charge in [0, 0.05) is 12.8 Å². The van der Waals surface area contributed by atoms with Gasteiger partial charge in [-0.2, -0.15) is 0 Å². The predicted octanol–water partition coefficient (Wildman–Crippen LogP) is 21.1. The molecule has 0 aliphatic carbocycles. The molecule has 0 spiro atoms. The van der Waals surface area contributed by atoms with Crippen molar-refractivity contribution < 1.29 is 42.9 Å². The zero-order chi connectivity index (χ0) is 62.6. The molecule has 0 aliphatic heterocycles. The van der Waals surface area contributed by atoms with E-state index >= 15 is 0 Å². The molecule has 0 aromatic heterocycles. The highest BCUT2D eigenvalue weighted by molar-refractivity contribution is 5.70. The van der Waals surface area contributed by atoms with Crippen molar-refractivity contribution >= 4 is 17.9 Å². The number of likely N-dealkylation sites (N-methyl/N-ethyl adjacent to an activating group) is 1. The van der Waals surface area contributed by atoms with Gasteiger partial charge >= 0.3 is 11.9 Å². The van der Waals surface area contributed by atoms with Crippen molar-refractivity contribution in [2.45, 2.75) is 328 Å². The van der Waals surface area contributed by atoms with Gasteiger partial charge < -0.3 is 33.3 Å². The molecular formula is C77H135NO8. The molecule has 9 heteroatoms. The fourth-order valence-corrected chi connectivity index (χ4v) is 10.1. The minimum atomic E-state index is -1.62. The summed E-state index contributed by atoms with van der Waals surface area (Å²) in [7, 11) is 5.93. The molecule has 0 aromatic rings. The standard InChI is InChI=1S/C77H135NO8/c1-6-8-10-12-14-16-18-20-22-24-26-28-30-32-33-34-35-36-37-38-39-40-41-42-43-44-46-48-50-52-54-56-58-60-62-64-66-68-75(80)86-73(72-85-77(76(81)82)83-70-69-78(3,4)5)71-84-74(79)67-65-63-61-59-57-55-53-51-49-47-45-31-29-27-25-23-21-19-17-15-13-11-9-7-2/h8,10,14,16,20,22,26,28,32-33,35-36,38-39,41-42,73,77H,6-7,9,11-13,15,17-19,21,23-25,27,29-31,34,37,40,43-72H2,1-5H3/b10-8-,16-14-,22-20-,28-26-,33-32-,36-35-,39-38-,42-41-. The van der Waals surface area contributed by atoms with Crippen LogP contribution in [0.25, 0.3) is 0 Å². The monoisotopic (exact) mass is 1200 g/mol. The minimum absolute atomic E-state index is 0.146. The van der Waals surface area contributed by atoms with E-state index in [1.54, 1.807) is 0 Å². The second-order valence-electron chi connectivity index (χ2n) is 25.2. The van der Waals surface area contributed by atoms with Gasteiger partial charge in [0.15, 0.2) is 12.4 Å². The smallest absolute Gasteiger partial charge is 0.306 e. The van der Waals surface area contributed by atoms with Crippen molar-refractivity contribution in [3.63, 3.8) is 0 Å². The van der Waals surface area contributed by atoms with Crippen molar-refractivity contribution in [2.75, 3.05) is 47.5 Å². The number of hydrogen-bond acceptors (Lipinski definition) is 8. The molecule has 2 unspecified atom stereocenters. The summed E-state index contributed by atoms with van der Waals surface area (Å²) in [5.74, 6) is -2.27. The molecule has 0 aliphatic rings. The summed E-state index contributed by atoms with van der Waals surface area (Å²) in [4.78, 5) is 37.5. The average molecular weight is 1200 g/mol. The molecule has 86 heavy (non-hydrogen) atoms. The zero-order valence-electron chi connectivity index (χ0n) is 56.7. The summed E-state index contributed by atoms with van der Waals surface area (Å²) in [5.41, 5.74) is 0. The van der Waals surface area contributed by atoms with E-state index < -0.39 is 24.3 Å². The van der Waals surface area contributed by atoms with Crippen molar-refractivity contribution in [2.24, 2.45) is 0 Å². The van der Waals surface area contributed by atoms with E-state index in [0.717, 1.165) is 89.9 Å². The molecule has 0 heterocycles. The second-order valence-corrected chi connectivity index (χ2v) is 25.2. The van der Waals surface area contributed by atoms with Crippen LogP contribution in [-0.2, 0) is 33.3 Å². The third-order valence-corrected chi connectivity index (χ3v) is 15.6. The van der Waals surface area contributed by atoms with Gasteiger partial charge in [-0.25, -0.2) is 0 Å². The third kappa shape index (κ3) is 67.7. The van der Waals surface area contributed by atoms with Crippen LogP contribution in [0.5, 0.6) is 0 Å². The average Bonchev–Trinajstić information content (AvgIpc) is 3.64. The summed E-state index contributed by atoms with van der Waals surface area (Å²) in [5, 5.41) is 11.8. The summed E-state index contributed by atoms with van der Waals surface area (Å²) >= 11 is 0. The molecule has 0 bridgehead atoms. The number of rotatable bonds is 66. The Hall–Kier alpha value is -3.79. The Balaban J connectivity index is 4.11. The maximum absolute atomic E-state index is 12.9. The molecule has 0 amide bonds. The molecule has 2 atom stereocenters. The van der Waals surface area contributed by atoms with Crippen molar-refractivity contribution in [1.82, 2.24) is 0 Å². The van der Waals surface area contributed by atoms with Gasteiger partial charge in [0.25, 0.3) is 0 Å². The largest absolute Gasteiger partial charge is 0.545 e. The Labute approximate surface area is 531 Å². The van der Waals surface area contributed by atoms with Crippen LogP contribution in [0.1, 0.15) is 316 Å². The Morgan fingerprint density at radius 2 is 0.663 bits per heavy atom. The molecule has 496 valence electrons. The summed E-state index contributed by atoms with van der Waals surface area (Å²) in [6.07, 6.45) is 89.2. The predicted molar refractivity (Wildman–Crippen MR) is 366 cm³/mol. The van der Waals surface area contributed by atoms with Gasteiger partial charge in [-0.05, 0) is 77.0 Å². The number of unbranched alkanes of at least 4 members (excludes halogenated alkanes) is 35. The summed E-state index contributed by atoms with van der Waals surface area (Å²) in [6, 6.07) is 0. The number of aliphatic carboxylic acids is 1. The molecule has 0 N–H and O–H groups in total. The highest BCUT2D eigenvalue weighted by Gasteiger charge is 2.22. The quantitative estimate of drug-likeness (QED) is 0.0195. The first-order valence-corrected chi connectivity index (χ1v) is 35.9. The maximum Gasteiger partial charge on any atom is 0.306 e. The number of quaternary nitrogens is 1. The maximum atomic E-state index is 12.9. The SMILES string of the molecule is CC/C=C\C/C=C\C/C=C\C/C=C\C/C=C\C/C=C\C/C=C\C/C=C\CCCCCCCCCCCCCCC(=O)OC(COC(=O)CCCCCCCCCCCCCCCCCCCCCCCCCC)COC(OCC[N+](C)(C)C)C(=O)[O-]. The Morgan fingerprint density at radius 1 is 0.360 bits per heavy atom. The van der Waals surface area contributed by atoms with Crippen LogP contribution >= 0.6 is 0 Å². The number of carboxylic acid groups (broad SMARTS) is 1. The number of allylic oxidation sites excluding steroid dienone is 16. The first-order valence-electron chi connectivity index (χ1n) is 35.9. The van der Waals surface area contributed by atoms with Crippen LogP contribution in [-0.4, -0.2) is 82.3 Å². The number of nitrogens with zero attached hydrogens (tertiary/aromatic N) is 1. The van der Waals surface area contributed by atoms with E-state index in [2.05, 4.69) is 111 Å². The zero-order valence-corrected chi connectivity index (χ0v) is 56.7. The molecule has 9 nitrogen and oxygen atoms in total. The number of ether oxygens (including phenoxy) is 4.